The van der Waals surface area contributed by atoms with Gasteiger partial charge in [0.05, 0.1) is 0 Å². The number of carboxylic acid groups (broad SMARTS) is 1. The topological polar surface area (TPSA) is 149 Å². The molecular weight excluding hydrogens is 481 g/mol. The van der Waals surface area contributed by atoms with Crippen molar-refractivity contribution in [2.45, 2.75) is 5.22 Å². The van der Waals surface area contributed by atoms with Crippen molar-refractivity contribution in [1.29, 1.82) is 0 Å². The Morgan fingerprint density at radius 2 is 1.71 bits per heavy atom. The number of pyridine rings is 1. The predicted molar refractivity (Wildman–Crippen MR) is 121 cm³/mol. The van der Waals surface area contributed by atoms with Gasteiger partial charge in [-0.05, 0) is 54.6 Å². The van der Waals surface area contributed by atoms with Crippen LogP contribution in [0.4, 0.5) is 10.1 Å². The molecule has 178 valence electrons. The molecule has 1 amide bonds. The molecule has 4 aromatic rings. The van der Waals surface area contributed by atoms with E-state index in [9.17, 15) is 22.4 Å². The number of anilines is 1. The average molecular weight is 497 g/mol. The Morgan fingerprint density at radius 3 is 2.34 bits per heavy atom. The van der Waals surface area contributed by atoms with E-state index < -0.39 is 32.8 Å². The van der Waals surface area contributed by atoms with E-state index in [1.165, 1.54) is 54.7 Å². The smallest absolute Gasteiger partial charge is 0.354 e. The van der Waals surface area contributed by atoms with Gasteiger partial charge in [-0.3, -0.25) is 4.79 Å². The van der Waals surface area contributed by atoms with Crippen molar-refractivity contribution in [3.63, 3.8) is 0 Å². The van der Waals surface area contributed by atoms with Crippen LogP contribution < -0.4 is 10.1 Å². The van der Waals surface area contributed by atoms with E-state index in [2.05, 4.69) is 15.3 Å². The maximum absolute atomic E-state index is 13.3. The summed E-state index contributed by atoms with van der Waals surface area (Å²) in [5.74, 6) is -1.98. The minimum atomic E-state index is -3.86. The molecule has 0 atom stereocenters. The third kappa shape index (κ3) is 5.50. The van der Waals surface area contributed by atoms with E-state index in [1.807, 2.05) is 0 Å². The number of aromatic nitrogens is 2. The molecule has 0 fully saturated rings. The zero-order valence-corrected chi connectivity index (χ0v) is 18.7. The number of sulfone groups is 1. The van der Waals surface area contributed by atoms with E-state index in [-0.39, 0.29) is 28.5 Å². The van der Waals surface area contributed by atoms with E-state index in [1.54, 1.807) is 0 Å². The Morgan fingerprint density at radius 1 is 1.03 bits per heavy atom. The number of oxazole rings is 1. The first kappa shape index (κ1) is 23.6. The number of carboxylic acids is 1. The van der Waals surface area contributed by atoms with Crippen LogP contribution in [0.25, 0.3) is 11.3 Å². The number of hydrogen-bond acceptors (Lipinski definition) is 8. The normalized spacial score (nSPS) is 11.1. The number of carbonyl (C=O) groups is 2. The number of ether oxygens (including phenoxy) is 1. The lowest BCUT2D eigenvalue weighted by Crippen LogP contribution is -2.13. The second kappa shape index (κ2) is 9.35. The maximum atomic E-state index is 13.3. The minimum absolute atomic E-state index is 0.130. The third-order valence-electron chi connectivity index (χ3n) is 4.54. The van der Waals surface area contributed by atoms with Gasteiger partial charge in [0.15, 0.2) is 17.1 Å². The lowest BCUT2D eigenvalue weighted by atomic mass is 10.1. The van der Waals surface area contributed by atoms with Gasteiger partial charge in [0.25, 0.3) is 5.91 Å². The van der Waals surface area contributed by atoms with Crippen molar-refractivity contribution in [1.82, 2.24) is 9.97 Å². The highest BCUT2D eigenvalue weighted by Crippen LogP contribution is 2.29. The zero-order chi connectivity index (χ0) is 25.2. The number of nitrogens with zero attached hydrogens (tertiary/aromatic N) is 2. The first-order valence-electron chi connectivity index (χ1n) is 9.85. The first-order valence-corrected chi connectivity index (χ1v) is 11.7. The molecule has 2 N–H and O–H groups in total. The highest BCUT2D eigenvalue weighted by atomic mass is 32.2. The SMILES string of the molecule is CS(=O)(=O)c1nc(C(=O)Nc2ccc(Oc3ccnc(C(=O)O)c3)cc2)c(-c2ccc(F)cc2)o1. The molecule has 0 aliphatic carbocycles. The van der Waals surface area contributed by atoms with Gasteiger partial charge in [0, 0.05) is 29.8 Å². The van der Waals surface area contributed by atoms with Gasteiger partial charge in [-0.2, -0.15) is 4.98 Å². The molecule has 0 aliphatic heterocycles. The Labute approximate surface area is 198 Å². The molecule has 0 aliphatic rings. The molecule has 12 heteroatoms. The molecule has 2 aromatic heterocycles. The van der Waals surface area contributed by atoms with E-state index in [0.29, 0.717) is 11.4 Å². The molecule has 0 saturated heterocycles. The lowest BCUT2D eigenvalue weighted by molar-refractivity contribution is 0.0689. The number of aromatic carboxylic acids is 1. The average Bonchev–Trinajstić information content (AvgIpc) is 3.27. The lowest BCUT2D eigenvalue weighted by Gasteiger charge is -2.08. The summed E-state index contributed by atoms with van der Waals surface area (Å²) >= 11 is 0. The Kier molecular flexibility index (Phi) is 6.30. The van der Waals surface area contributed by atoms with Crippen molar-refractivity contribution in [3.8, 4) is 22.8 Å². The Bertz CT molecular complexity index is 1520. The van der Waals surface area contributed by atoms with Gasteiger partial charge in [-0.25, -0.2) is 22.6 Å². The van der Waals surface area contributed by atoms with Gasteiger partial charge >= 0.3 is 11.2 Å². The summed E-state index contributed by atoms with van der Waals surface area (Å²) in [7, 11) is -3.86. The van der Waals surface area contributed by atoms with Crippen LogP contribution in [-0.4, -0.2) is 41.6 Å². The van der Waals surface area contributed by atoms with Gasteiger partial charge in [0.2, 0.25) is 9.84 Å². The molecule has 2 heterocycles. The molecule has 0 bridgehead atoms. The summed E-state index contributed by atoms with van der Waals surface area (Å²) in [5.41, 5.74) is 0.123. The third-order valence-corrected chi connectivity index (χ3v) is 5.35. The number of amides is 1. The van der Waals surface area contributed by atoms with E-state index in [4.69, 9.17) is 14.3 Å². The van der Waals surface area contributed by atoms with Crippen LogP contribution in [0.3, 0.4) is 0 Å². The van der Waals surface area contributed by atoms with Crippen molar-refractivity contribution >= 4 is 27.4 Å². The summed E-state index contributed by atoms with van der Waals surface area (Å²) in [6, 6.07) is 13.8. The molecule has 0 spiro atoms. The largest absolute Gasteiger partial charge is 0.477 e. The summed E-state index contributed by atoms with van der Waals surface area (Å²) < 4.78 is 48.1. The zero-order valence-electron chi connectivity index (χ0n) is 17.9. The second-order valence-corrected chi connectivity index (χ2v) is 9.09. The number of hydrogen-bond donors (Lipinski definition) is 2. The van der Waals surface area contributed by atoms with E-state index in [0.717, 1.165) is 18.4 Å². The quantitative estimate of drug-likeness (QED) is 0.386. The number of halogens is 1. The highest BCUT2D eigenvalue weighted by molar-refractivity contribution is 7.90. The number of benzene rings is 2. The molecular formula is C23H16FN3O7S. The Balaban J connectivity index is 1.56. The first-order chi connectivity index (χ1) is 16.6. The summed E-state index contributed by atoms with van der Waals surface area (Å²) in [6.07, 6.45) is 2.19. The Hall–Kier alpha value is -4.58. The van der Waals surface area contributed by atoms with Gasteiger partial charge in [-0.15, -0.1) is 0 Å². The van der Waals surface area contributed by atoms with Gasteiger partial charge < -0.3 is 19.6 Å². The number of nitrogens with one attached hydrogen (secondary N) is 1. The molecule has 4 rings (SSSR count). The highest BCUT2D eigenvalue weighted by Gasteiger charge is 2.26. The summed E-state index contributed by atoms with van der Waals surface area (Å²) in [4.78, 5) is 31.5. The monoisotopic (exact) mass is 497 g/mol. The van der Waals surface area contributed by atoms with Crippen molar-refractivity contribution in [3.05, 3.63) is 84.1 Å². The molecule has 35 heavy (non-hydrogen) atoms. The predicted octanol–water partition coefficient (Wildman–Crippen LogP) is 4.02. The van der Waals surface area contributed by atoms with Crippen molar-refractivity contribution < 1.29 is 36.7 Å². The van der Waals surface area contributed by atoms with Crippen molar-refractivity contribution in [2.75, 3.05) is 11.6 Å². The van der Waals surface area contributed by atoms with Gasteiger partial charge in [0.1, 0.15) is 17.3 Å². The van der Waals surface area contributed by atoms with Crippen LogP contribution >= 0.6 is 0 Å². The fraction of sp³-hybridized carbons (Fsp3) is 0.0435. The van der Waals surface area contributed by atoms with Crippen LogP contribution in [0.5, 0.6) is 11.5 Å². The second-order valence-electron chi connectivity index (χ2n) is 7.20. The summed E-state index contributed by atoms with van der Waals surface area (Å²) in [5, 5.41) is 11.0. The number of carbonyl (C=O) groups excluding carboxylic acids is 1. The fourth-order valence-corrected chi connectivity index (χ4v) is 3.43. The van der Waals surface area contributed by atoms with Crippen LogP contribution in [0.1, 0.15) is 21.0 Å². The molecule has 0 unspecified atom stereocenters. The summed E-state index contributed by atoms with van der Waals surface area (Å²) in [6.45, 7) is 0. The molecule has 0 saturated carbocycles. The fourth-order valence-electron chi connectivity index (χ4n) is 2.93. The molecule has 2 aromatic carbocycles. The molecule has 10 nitrogen and oxygen atoms in total. The van der Waals surface area contributed by atoms with Crippen LogP contribution in [-0.2, 0) is 9.84 Å². The van der Waals surface area contributed by atoms with Crippen LogP contribution in [0.15, 0.2) is 76.5 Å². The molecule has 0 radical (unpaired) electrons. The maximum Gasteiger partial charge on any atom is 0.354 e. The minimum Gasteiger partial charge on any atom is -0.477 e. The van der Waals surface area contributed by atoms with Crippen LogP contribution in [0.2, 0.25) is 0 Å². The van der Waals surface area contributed by atoms with E-state index >= 15 is 0 Å². The standard InChI is InChI=1S/C23H16FN3O7S/c1-35(31,32)23-27-19(20(34-23)13-2-4-14(24)5-3-13)21(28)26-15-6-8-16(9-7-15)33-17-10-11-25-18(12-17)22(29)30/h2-12H,1H3,(H,26,28)(H,29,30). The van der Waals surface area contributed by atoms with Crippen LogP contribution in [0, 0.1) is 5.82 Å². The van der Waals surface area contributed by atoms with Crippen molar-refractivity contribution in [2.24, 2.45) is 0 Å². The van der Waals surface area contributed by atoms with Gasteiger partial charge in [-0.1, -0.05) is 0 Å². The number of rotatable bonds is 7.